The van der Waals surface area contributed by atoms with Crippen LogP contribution in [0.1, 0.15) is 57.6 Å². The molecule has 0 aliphatic heterocycles. The second-order valence-corrected chi connectivity index (χ2v) is 9.67. The molecular formula is C24H36N6O. The Bertz CT molecular complexity index is 897. The molecule has 1 aliphatic rings. The molecule has 0 radical (unpaired) electrons. The van der Waals surface area contributed by atoms with Crippen molar-refractivity contribution < 1.29 is 4.79 Å². The highest BCUT2D eigenvalue weighted by Gasteiger charge is 2.24. The minimum Gasteiger partial charge on any atom is -0.363 e. The molecule has 3 rings (SSSR count). The number of nitrogens with one attached hydrogen (secondary N) is 3. The Morgan fingerprint density at radius 2 is 1.74 bits per heavy atom. The predicted octanol–water partition coefficient (Wildman–Crippen LogP) is 4.69. The third-order valence-corrected chi connectivity index (χ3v) is 5.81. The van der Waals surface area contributed by atoms with Crippen LogP contribution in [-0.4, -0.2) is 42.2 Å². The number of urea groups is 1. The Hall–Kier alpha value is -2.83. The van der Waals surface area contributed by atoms with Crippen molar-refractivity contribution in [1.82, 2.24) is 15.3 Å². The lowest BCUT2D eigenvalue weighted by Gasteiger charge is -2.30. The Morgan fingerprint density at radius 1 is 1.06 bits per heavy atom. The number of aromatic nitrogens is 2. The molecule has 0 unspecified atom stereocenters. The molecule has 1 fully saturated rings. The van der Waals surface area contributed by atoms with E-state index in [-0.39, 0.29) is 17.5 Å². The van der Waals surface area contributed by atoms with Gasteiger partial charge in [0.05, 0.1) is 0 Å². The van der Waals surface area contributed by atoms with Gasteiger partial charge < -0.3 is 20.9 Å². The first-order valence-corrected chi connectivity index (χ1v) is 11.1. The molecule has 0 atom stereocenters. The molecule has 168 valence electrons. The van der Waals surface area contributed by atoms with E-state index in [9.17, 15) is 4.79 Å². The van der Waals surface area contributed by atoms with Crippen LogP contribution in [0.4, 0.5) is 22.2 Å². The highest BCUT2D eigenvalue weighted by molar-refractivity contribution is 5.91. The van der Waals surface area contributed by atoms with Gasteiger partial charge in [-0.3, -0.25) is 0 Å². The first-order valence-electron chi connectivity index (χ1n) is 11.1. The lowest BCUT2D eigenvalue weighted by atomic mass is 9.84. The maximum absolute atomic E-state index is 12.7. The summed E-state index contributed by atoms with van der Waals surface area (Å²) in [6.45, 7) is 8.53. The van der Waals surface area contributed by atoms with E-state index in [1.54, 1.807) is 6.20 Å². The van der Waals surface area contributed by atoms with Gasteiger partial charge in [0.1, 0.15) is 5.82 Å². The summed E-state index contributed by atoms with van der Waals surface area (Å²) in [5, 5.41) is 9.72. The highest BCUT2D eigenvalue weighted by atomic mass is 16.2. The number of benzene rings is 1. The van der Waals surface area contributed by atoms with Gasteiger partial charge in [-0.25, -0.2) is 9.78 Å². The number of carbonyl (C=O) groups excluding carboxylic acids is 1. The summed E-state index contributed by atoms with van der Waals surface area (Å²) in [7, 11) is 3.94. The first kappa shape index (κ1) is 22.8. The van der Waals surface area contributed by atoms with Crippen LogP contribution in [0.2, 0.25) is 0 Å². The number of amides is 2. The normalized spacial score (nSPS) is 18.9. The van der Waals surface area contributed by atoms with E-state index < -0.39 is 0 Å². The maximum atomic E-state index is 12.7. The zero-order valence-electron chi connectivity index (χ0n) is 19.6. The summed E-state index contributed by atoms with van der Waals surface area (Å²) in [6, 6.07) is 8.44. The van der Waals surface area contributed by atoms with E-state index >= 15 is 0 Å². The molecule has 1 aromatic heterocycles. The molecule has 7 nitrogen and oxygen atoms in total. The van der Waals surface area contributed by atoms with Crippen molar-refractivity contribution in [1.29, 1.82) is 0 Å². The molecule has 1 aliphatic carbocycles. The van der Waals surface area contributed by atoms with Crippen LogP contribution < -0.4 is 20.9 Å². The van der Waals surface area contributed by atoms with Crippen LogP contribution in [0, 0.1) is 6.92 Å². The SMILES string of the molecule is Cc1cccc(C(C)(C)C)c1NC(=O)NC1CCC(Nc2nccc(N(C)C)n2)CC1. The first-order chi connectivity index (χ1) is 14.6. The lowest BCUT2D eigenvalue weighted by molar-refractivity contribution is 0.243. The summed E-state index contributed by atoms with van der Waals surface area (Å²) in [5.74, 6) is 1.55. The third kappa shape index (κ3) is 6.09. The number of nitrogens with zero attached hydrogens (tertiary/aromatic N) is 3. The fourth-order valence-corrected chi connectivity index (χ4v) is 4.03. The second kappa shape index (κ2) is 9.54. The highest BCUT2D eigenvalue weighted by Crippen LogP contribution is 2.32. The van der Waals surface area contributed by atoms with Crippen molar-refractivity contribution in [2.75, 3.05) is 29.6 Å². The number of hydrogen-bond acceptors (Lipinski definition) is 5. The van der Waals surface area contributed by atoms with Gasteiger partial charge in [0.2, 0.25) is 5.95 Å². The van der Waals surface area contributed by atoms with Gasteiger partial charge in [0.15, 0.2) is 0 Å². The quantitative estimate of drug-likeness (QED) is 0.648. The van der Waals surface area contributed by atoms with Crippen molar-refractivity contribution in [3.8, 4) is 0 Å². The van der Waals surface area contributed by atoms with E-state index in [1.807, 2.05) is 44.1 Å². The standard InChI is InChI=1S/C24H36N6O/c1-16-8-7-9-19(24(2,3)4)21(16)29-23(31)27-18-12-10-17(11-13-18)26-22-25-15-14-20(28-22)30(5)6/h7-9,14-15,17-18H,10-13H2,1-6H3,(H,25,26,28)(H2,27,29,31). The van der Waals surface area contributed by atoms with Gasteiger partial charge >= 0.3 is 6.03 Å². The van der Waals surface area contributed by atoms with Gasteiger partial charge in [-0.15, -0.1) is 0 Å². The van der Waals surface area contributed by atoms with E-state index in [2.05, 4.69) is 52.8 Å². The summed E-state index contributed by atoms with van der Waals surface area (Å²) >= 11 is 0. The van der Waals surface area contributed by atoms with Crippen LogP contribution in [0.5, 0.6) is 0 Å². The van der Waals surface area contributed by atoms with Crippen LogP contribution in [0.3, 0.4) is 0 Å². The number of hydrogen-bond donors (Lipinski definition) is 3. The molecule has 0 saturated heterocycles. The average Bonchev–Trinajstić information content (AvgIpc) is 2.70. The van der Waals surface area contributed by atoms with Gasteiger partial charge in [-0.2, -0.15) is 4.98 Å². The maximum Gasteiger partial charge on any atom is 0.319 e. The lowest BCUT2D eigenvalue weighted by Crippen LogP contribution is -2.42. The molecule has 2 amide bonds. The number of rotatable bonds is 5. The smallest absolute Gasteiger partial charge is 0.319 e. The topological polar surface area (TPSA) is 82.2 Å². The second-order valence-electron chi connectivity index (χ2n) is 9.67. The minimum atomic E-state index is -0.127. The van der Waals surface area contributed by atoms with Crippen LogP contribution in [-0.2, 0) is 5.41 Å². The van der Waals surface area contributed by atoms with E-state index in [1.165, 1.54) is 0 Å². The zero-order valence-corrected chi connectivity index (χ0v) is 19.6. The Balaban J connectivity index is 1.53. The zero-order chi connectivity index (χ0) is 22.6. The summed E-state index contributed by atoms with van der Waals surface area (Å²) < 4.78 is 0. The predicted molar refractivity (Wildman–Crippen MR) is 128 cm³/mol. The molecule has 0 bridgehead atoms. The third-order valence-electron chi connectivity index (χ3n) is 5.81. The van der Waals surface area contributed by atoms with E-state index in [4.69, 9.17) is 0 Å². The molecule has 1 saturated carbocycles. The van der Waals surface area contributed by atoms with Gasteiger partial charge in [-0.05, 0) is 55.2 Å². The van der Waals surface area contributed by atoms with E-state index in [0.29, 0.717) is 12.0 Å². The van der Waals surface area contributed by atoms with Crippen molar-refractivity contribution in [2.24, 2.45) is 0 Å². The molecule has 0 spiro atoms. The van der Waals surface area contributed by atoms with Crippen molar-refractivity contribution in [2.45, 2.75) is 70.9 Å². The Kier molecular flexibility index (Phi) is 7.03. The molecule has 2 aromatic rings. The fourth-order valence-electron chi connectivity index (χ4n) is 4.03. The fraction of sp³-hybridized carbons (Fsp3) is 0.542. The number of carbonyl (C=O) groups is 1. The molecule has 31 heavy (non-hydrogen) atoms. The van der Waals surface area contributed by atoms with E-state index in [0.717, 1.165) is 48.3 Å². The number of aryl methyl sites for hydroxylation is 1. The monoisotopic (exact) mass is 424 g/mol. The molecule has 3 N–H and O–H groups in total. The van der Waals surface area contributed by atoms with Crippen LogP contribution in [0.25, 0.3) is 0 Å². The number of anilines is 3. The van der Waals surface area contributed by atoms with Gasteiger partial charge in [0.25, 0.3) is 0 Å². The van der Waals surface area contributed by atoms with Crippen molar-refractivity contribution >= 4 is 23.5 Å². The largest absolute Gasteiger partial charge is 0.363 e. The molecule has 7 heteroatoms. The summed E-state index contributed by atoms with van der Waals surface area (Å²) in [5.41, 5.74) is 3.11. The molecule has 1 aromatic carbocycles. The van der Waals surface area contributed by atoms with Gasteiger partial charge in [0, 0.05) is 38.1 Å². The average molecular weight is 425 g/mol. The molecular weight excluding hydrogens is 388 g/mol. The van der Waals surface area contributed by atoms with Crippen LogP contribution >= 0.6 is 0 Å². The van der Waals surface area contributed by atoms with Crippen molar-refractivity contribution in [3.05, 3.63) is 41.6 Å². The Labute approximate surface area is 186 Å². The van der Waals surface area contributed by atoms with Crippen LogP contribution in [0.15, 0.2) is 30.5 Å². The summed E-state index contributed by atoms with van der Waals surface area (Å²) in [6.07, 6.45) is 5.58. The Morgan fingerprint density at radius 3 is 2.39 bits per heavy atom. The summed E-state index contributed by atoms with van der Waals surface area (Å²) in [4.78, 5) is 23.6. The van der Waals surface area contributed by atoms with Gasteiger partial charge in [-0.1, -0.05) is 39.0 Å². The minimum absolute atomic E-state index is 0.0374. The van der Waals surface area contributed by atoms with Crippen molar-refractivity contribution in [3.63, 3.8) is 0 Å². The number of para-hydroxylation sites is 1. The molecule has 1 heterocycles.